The summed E-state index contributed by atoms with van der Waals surface area (Å²) in [7, 11) is 0. The third kappa shape index (κ3) is 8.00. The van der Waals surface area contributed by atoms with Crippen LogP contribution in [-0.2, 0) is 4.74 Å². The molecule has 2 nitrogen and oxygen atoms in total. The van der Waals surface area contributed by atoms with E-state index in [4.69, 9.17) is 16.3 Å². The third-order valence-electron chi connectivity index (χ3n) is 5.22. The maximum atomic E-state index is 6.04. The number of ether oxygens (including phenoxy) is 1. The van der Waals surface area contributed by atoms with E-state index >= 15 is 0 Å². The van der Waals surface area contributed by atoms with Crippen LogP contribution < -0.4 is 0 Å². The van der Waals surface area contributed by atoms with Crippen molar-refractivity contribution in [2.45, 2.75) is 53.9 Å². The predicted molar refractivity (Wildman–Crippen MR) is 107 cm³/mol. The number of morpholine rings is 1. The molecule has 0 aromatic heterocycles. The average molecular weight is 354 g/mol. The molecule has 24 heavy (non-hydrogen) atoms. The van der Waals surface area contributed by atoms with Gasteiger partial charge in [0.25, 0.3) is 0 Å². The molecule has 1 fully saturated rings. The highest BCUT2D eigenvalue weighted by Crippen LogP contribution is 2.37. The molecule has 0 saturated carbocycles. The summed E-state index contributed by atoms with van der Waals surface area (Å²) in [5.74, 6) is 0. The molecule has 0 amide bonds. The van der Waals surface area contributed by atoms with Crippen molar-refractivity contribution in [3.63, 3.8) is 0 Å². The van der Waals surface area contributed by atoms with Crippen LogP contribution in [0, 0.1) is 10.8 Å². The fourth-order valence-corrected chi connectivity index (χ4v) is 2.79. The standard InChI is InChI=1S/C21H36ClNO/c1-7-19(22)9-8-18(2)21(5,6)11-10-20(3,4)12-13-23-14-16-24-17-15-23/h7-9H,2,10-17H2,1,3-6H3/b9-8-,19-7+. The molecule has 0 bridgehead atoms. The second kappa shape index (κ2) is 9.79. The van der Waals surface area contributed by atoms with Gasteiger partial charge in [-0.05, 0) is 55.2 Å². The van der Waals surface area contributed by atoms with E-state index in [2.05, 4.69) is 45.2 Å². The molecule has 0 aromatic carbocycles. The van der Waals surface area contributed by atoms with E-state index in [1.165, 1.54) is 19.4 Å². The number of hydrogen-bond donors (Lipinski definition) is 0. The van der Waals surface area contributed by atoms with Crippen LogP contribution in [0.15, 0.2) is 35.4 Å². The van der Waals surface area contributed by atoms with E-state index in [-0.39, 0.29) is 5.41 Å². The SMILES string of the molecule is C=C(/C=C\C(Cl)=C/C)C(C)(C)CCC(C)(C)CCN1CCOCC1. The van der Waals surface area contributed by atoms with Gasteiger partial charge in [0.15, 0.2) is 0 Å². The van der Waals surface area contributed by atoms with E-state index in [9.17, 15) is 0 Å². The van der Waals surface area contributed by atoms with Crippen molar-refractivity contribution in [3.8, 4) is 0 Å². The Hall–Kier alpha value is -0.570. The number of hydrogen-bond acceptors (Lipinski definition) is 2. The Bertz CT molecular complexity index is 456. The Balaban J connectivity index is 2.45. The van der Waals surface area contributed by atoms with Crippen molar-refractivity contribution >= 4 is 11.6 Å². The zero-order chi connectivity index (χ0) is 18.2. The molecule has 0 aromatic rings. The largest absolute Gasteiger partial charge is 0.379 e. The summed E-state index contributed by atoms with van der Waals surface area (Å²) in [5, 5.41) is 0.762. The minimum Gasteiger partial charge on any atom is -0.379 e. The smallest absolute Gasteiger partial charge is 0.0594 e. The van der Waals surface area contributed by atoms with E-state index in [0.717, 1.165) is 43.3 Å². The lowest BCUT2D eigenvalue weighted by Crippen LogP contribution is -2.38. The normalized spacial score (nSPS) is 18.3. The van der Waals surface area contributed by atoms with Gasteiger partial charge in [-0.1, -0.05) is 58.0 Å². The van der Waals surface area contributed by atoms with Gasteiger partial charge in [-0.2, -0.15) is 0 Å². The average Bonchev–Trinajstić information content (AvgIpc) is 2.57. The zero-order valence-electron chi connectivity index (χ0n) is 16.3. The molecule has 0 spiro atoms. The molecular formula is C21H36ClNO. The van der Waals surface area contributed by atoms with Crippen molar-refractivity contribution in [1.82, 2.24) is 4.90 Å². The van der Waals surface area contributed by atoms with Crippen LogP contribution in [0.2, 0.25) is 0 Å². The molecule has 138 valence electrons. The van der Waals surface area contributed by atoms with Crippen molar-refractivity contribution in [3.05, 3.63) is 35.4 Å². The lowest BCUT2D eigenvalue weighted by Gasteiger charge is -2.34. The molecule has 0 N–H and O–H groups in total. The maximum absolute atomic E-state index is 6.04. The Morgan fingerprint density at radius 3 is 2.29 bits per heavy atom. The summed E-state index contributed by atoms with van der Waals surface area (Å²) >= 11 is 6.04. The first-order valence-electron chi connectivity index (χ1n) is 9.16. The highest BCUT2D eigenvalue weighted by Gasteiger charge is 2.26. The van der Waals surface area contributed by atoms with Crippen LogP contribution in [0.5, 0.6) is 0 Å². The summed E-state index contributed by atoms with van der Waals surface area (Å²) in [6.07, 6.45) is 9.47. The first-order chi connectivity index (χ1) is 11.2. The van der Waals surface area contributed by atoms with Crippen molar-refractivity contribution < 1.29 is 4.74 Å². The van der Waals surface area contributed by atoms with Gasteiger partial charge in [0, 0.05) is 18.1 Å². The van der Waals surface area contributed by atoms with Gasteiger partial charge in [-0.15, -0.1) is 0 Å². The molecule has 1 aliphatic rings. The molecule has 0 atom stereocenters. The van der Waals surface area contributed by atoms with Crippen LogP contribution in [0.4, 0.5) is 0 Å². The predicted octanol–water partition coefficient (Wildman–Crippen LogP) is 5.80. The lowest BCUT2D eigenvalue weighted by atomic mass is 9.74. The van der Waals surface area contributed by atoms with Gasteiger partial charge < -0.3 is 4.74 Å². The van der Waals surface area contributed by atoms with Gasteiger partial charge >= 0.3 is 0 Å². The summed E-state index contributed by atoms with van der Waals surface area (Å²) in [6.45, 7) is 20.6. The molecule has 0 unspecified atom stereocenters. The molecule has 0 aliphatic carbocycles. The summed E-state index contributed by atoms with van der Waals surface area (Å²) in [4.78, 5) is 2.52. The maximum Gasteiger partial charge on any atom is 0.0594 e. The molecule has 0 radical (unpaired) electrons. The van der Waals surface area contributed by atoms with Gasteiger partial charge in [-0.3, -0.25) is 4.90 Å². The lowest BCUT2D eigenvalue weighted by molar-refractivity contribution is 0.0318. The van der Waals surface area contributed by atoms with E-state index < -0.39 is 0 Å². The van der Waals surface area contributed by atoms with Crippen LogP contribution in [-0.4, -0.2) is 37.7 Å². The highest BCUT2D eigenvalue weighted by molar-refractivity contribution is 6.31. The van der Waals surface area contributed by atoms with E-state index in [1.54, 1.807) is 0 Å². The van der Waals surface area contributed by atoms with Crippen LogP contribution in [0.25, 0.3) is 0 Å². The van der Waals surface area contributed by atoms with Crippen molar-refractivity contribution in [1.29, 1.82) is 0 Å². The fraction of sp³-hybridized carbons (Fsp3) is 0.714. The second-order valence-electron chi connectivity index (χ2n) is 8.28. The van der Waals surface area contributed by atoms with Crippen LogP contribution in [0.3, 0.4) is 0 Å². The number of allylic oxidation sites excluding steroid dienone is 5. The topological polar surface area (TPSA) is 12.5 Å². The minimum absolute atomic E-state index is 0.0949. The zero-order valence-corrected chi connectivity index (χ0v) is 17.1. The molecular weight excluding hydrogens is 318 g/mol. The molecule has 1 rings (SSSR count). The summed E-state index contributed by atoms with van der Waals surface area (Å²) in [5.41, 5.74) is 1.59. The van der Waals surface area contributed by atoms with Gasteiger partial charge in [0.1, 0.15) is 0 Å². The summed E-state index contributed by atoms with van der Waals surface area (Å²) < 4.78 is 5.43. The number of halogens is 1. The minimum atomic E-state index is 0.0949. The monoisotopic (exact) mass is 353 g/mol. The van der Waals surface area contributed by atoms with E-state index in [1.807, 2.05) is 19.1 Å². The van der Waals surface area contributed by atoms with E-state index in [0.29, 0.717) is 5.41 Å². The Morgan fingerprint density at radius 2 is 1.71 bits per heavy atom. The first kappa shape index (κ1) is 21.5. The van der Waals surface area contributed by atoms with Gasteiger partial charge in [0.2, 0.25) is 0 Å². The van der Waals surface area contributed by atoms with Crippen LogP contribution >= 0.6 is 11.6 Å². The van der Waals surface area contributed by atoms with Gasteiger partial charge in [0.05, 0.1) is 13.2 Å². The summed E-state index contributed by atoms with van der Waals surface area (Å²) in [6, 6.07) is 0. The van der Waals surface area contributed by atoms with Crippen molar-refractivity contribution in [2.75, 3.05) is 32.8 Å². The highest BCUT2D eigenvalue weighted by atomic mass is 35.5. The molecule has 1 aliphatic heterocycles. The Labute approximate surface area is 154 Å². The number of nitrogens with zero attached hydrogens (tertiary/aromatic N) is 1. The molecule has 1 saturated heterocycles. The number of rotatable bonds is 9. The first-order valence-corrected chi connectivity index (χ1v) is 9.53. The second-order valence-corrected chi connectivity index (χ2v) is 8.72. The van der Waals surface area contributed by atoms with Gasteiger partial charge in [-0.25, -0.2) is 0 Å². The Morgan fingerprint density at radius 1 is 1.08 bits per heavy atom. The van der Waals surface area contributed by atoms with Crippen molar-refractivity contribution in [2.24, 2.45) is 10.8 Å². The Kier molecular flexibility index (Phi) is 8.76. The third-order valence-corrected chi connectivity index (χ3v) is 5.57. The molecule has 1 heterocycles. The fourth-order valence-electron chi connectivity index (χ4n) is 2.72. The quantitative estimate of drug-likeness (QED) is 0.486. The van der Waals surface area contributed by atoms with Crippen LogP contribution in [0.1, 0.15) is 53.9 Å². The molecule has 3 heteroatoms.